The fourth-order valence-electron chi connectivity index (χ4n) is 1.48. The molecule has 4 nitrogen and oxygen atoms in total. The van der Waals surface area contributed by atoms with E-state index in [1.165, 1.54) is 12.1 Å². The van der Waals surface area contributed by atoms with Crippen molar-refractivity contribution in [3.05, 3.63) is 24.3 Å². The first-order valence-electron chi connectivity index (χ1n) is 6.15. The average Bonchev–Trinajstić information content (AvgIpc) is 2.38. The van der Waals surface area contributed by atoms with E-state index in [1.54, 1.807) is 0 Å². The highest BCUT2D eigenvalue weighted by molar-refractivity contribution is 7.92. The van der Waals surface area contributed by atoms with Gasteiger partial charge in [0.1, 0.15) is 0 Å². The summed E-state index contributed by atoms with van der Waals surface area (Å²) in [6, 6.07) is 4.53. The largest absolute Gasteiger partial charge is 0.501 e. The third kappa shape index (κ3) is 4.38. The summed E-state index contributed by atoms with van der Waals surface area (Å²) in [5, 5.41) is 6.14. The van der Waals surface area contributed by atoms with E-state index >= 15 is 0 Å². The van der Waals surface area contributed by atoms with Crippen LogP contribution in [0.25, 0.3) is 0 Å². The SMILES string of the molecule is CCCNCCNc1ccc(S(=O)(=O)C(F)(F)F)cc1. The maximum absolute atomic E-state index is 12.3. The molecule has 20 heavy (non-hydrogen) atoms. The molecule has 1 rings (SSSR count). The third-order valence-corrected chi connectivity index (χ3v) is 4.03. The van der Waals surface area contributed by atoms with Gasteiger partial charge in [-0.1, -0.05) is 6.92 Å². The van der Waals surface area contributed by atoms with Gasteiger partial charge in [0.2, 0.25) is 0 Å². The van der Waals surface area contributed by atoms with Crippen molar-refractivity contribution in [1.29, 1.82) is 0 Å². The Hall–Kier alpha value is -1.28. The maximum Gasteiger partial charge on any atom is 0.501 e. The number of benzene rings is 1. The van der Waals surface area contributed by atoms with E-state index in [4.69, 9.17) is 0 Å². The minimum atomic E-state index is -5.27. The Bertz CT molecular complexity index is 512. The van der Waals surface area contributed by atoms with Gasteiger partial charge in [-0.15, -0.1) is 0 Å². The van der Waals surface area contributed by atoms with Crippen molar-refractivity contribution in [1.82, 2.24) is 5.32 Å². The van der Waals surface area contributed by atoms with E-state index in [0.29, 0.717) is 12.2 Å². The van der Waals surface area contributed by atoms with Crippen molar-refractivity contribution in [2.45, 2.75) is 23.7 Å². The summed E-state index contributed by atoms with van der Waals surface area (Å²) in [5.41, 5.74) is -4.70. The van der Waals surface area contributed by atoms with Crippen molar-refractivity contribution in [2.24, 2.45) is 0 Å². The van der Waals surface area contributed by atoms with Crippen LogP contribution in [0.1, 0.15) is 13.3 Å². The molecule has 1 aromatic carbocycles. The Morgan fingerprint density at radius 1 is 1.05 bits per heavy atom. The lowest BCUT2D eigenvalue weighted by Gasteiger charge is -2.10. The molecule has 114 valence electrons. The number of sulfone groups is 1. The molecule has 1 aromatic rings. The Morgan fingerprint density at radius 3 is 2.15 bits per heavy atom. The van der Waals surface area contributed by atoms with Crippen LogP contribution in [-0.2, 0) is 9.84 Å². The molecule has 2 N–H and O–H groups in total. The average molecular weight is 310 g/mol. The van der Waals surface area contributed by atoms with Crippen molar-refractivity contribution in [3.63, 3.8) is 0 Å². The number of rotatable bonds is 7. The smallest absolute Gasteiger partial charge is 0.384 e. The molecule has 0 saturated carbocycles. The molecule has 0 aliphatic heterocycles. The second-order valence-electron chi connectivity index (χ2n) is 4.15. The van der Waals surface area contributed by atoms with Crippen LogP contribution in [0.4, 0.5) is 18.9 Å². The fraction of sp³-hybridized carbons (Fsp3) is 0.500. The molecule has 0 fully saturated rings. The molecule has 8 heteroatoms. The van der Waals surface area contributed by atoms with Crippen LogP contribution < -0.4 is 10.6 Å². The monoisotopic (exact) mass is 310 g/mol. The fourth-order valence-corrected chi connectivity index (χ4v) is 2.24. The van der Waals surface area contributed by atoms with Crippen LogP contribution in [0.3, 0.4) is 0 Å². The van der Waals surface area contributed by atoms with E-state index in [9.17, 15) is 21.6 Å². The third-order valence-electron chi connectivity index (χ3n) is 2.53. The molecule has 0 aliphatic carbocycles. The highest BCUT2D eigenvalue weighted by atomic mass is 32.2. The zero-order valence-corrected chi connectivity index (χ0v) is 11.8. The number of hydrogen-bond donors (Lipinski definition) is 2. The quantitative estimate of drug-likeness (QED) is 0.759. The second-order valence-corrected chi connectivity index (χ2v) is 6.09. The van der Waals surface area contributed by atoms with Gasteiger partial charge in [-0.3, -0.25) is 0 Å². The zero-order valence-electron chi connectivity index (χ0n) is 11.0. The molecule has 0 saturated heterocycles. The molecule has 0 bridgehead atoms. The van der Waals surface area contributed by atoms with Crippen LogP contribution in [0.5, 0.6) is 0 Å². The van der Waals surface area contributed by atoms with Gasteiger partial charge in [-0.25, -0.2) is 8.42 Å². The van der Waals surface area contributed by atoms with Gasteiger partial charge in [0.25, 0.3) is 9.84 Å². The van der Waals surface area contributed by atoms with Crippen molar-refractivity contribution in [2.75, 3.05) is 25.0 Å². The van der Waals surface area contributed by atoms with Gasteiger partial charge in [-0.2, -0.15) is 13.2 Å². The topological polar surface area (TPSA) is 58.2 Å². The first-order valence-corrected chi connectivity index (χ1v) is 7.63. The summed E-state index contributed by atoms with van der Waals surface area (Å²) >= 11 is 0. The van der Waals surface area contributed by atoms with Crippen LogP contribution in [0.15, 0.2) is 29.2 Å². The molecule has 0 unspecified atom stereocenters. The first kappa shape index (κ1) is 16.8. The summed E-state index contributed by atoms with van der Waals surface area (Å²) < 4.78 is 59.3. The number of halogens is 3. The number of anilines is 1. The van der Waals surface area contributed by atoms with E-state index in [1.807, 2.05) is 6.92 Å². The van der Waals surface area contributed by atoms with Gasteiger partial charge in [0, 0.05) is 18.8 Å². The van der Waals surface area contributed by atoms with E-state index in [-0.39, 0.29) is 0 Å². The molecular weight excluding hydrogens is 293 g/mol. The van der Waals surface area contributed by atoms with Gasteiger partial charge in [-0.05, 0) is 37.2 Å². The van der Waals surface area contributed by atoms with E-state index in [0.717, 1.165) is 31.6 Å². The predicted octanol–water partition coefficient (Wildman–Crippen LogP) is 2.39. The van der Waals surface area contributed by atoms with Crippen molar-refractivity contribution in [3.8, 4) is 0 Å². The highest BCUT2D eigenvalue weighted by Crippen LogP contribution is 2.30. The van der Waals surface area contributed by atoms with Gasteiger partial charge in [0.05, 0.1) is 4.90 Å². The lowest BCUT2D eigenvalue weighted by molar-refractivity contribution is -0.0436. The minimum absolute atomic E-state index is 0.574. The summed E-state index contributed by atoms with van der Waals surface area (Å²) in [6.07, 6.45) is 1.02. The van der Waals surface area contributed by atoms with Crippen LogP contribution in [0, 0.1) is 0 Å². The Morgan fingerprint density at radius 2 is 1.65 bits per heavy atom. The van der Waals surface area contributed by atoms with E-state index in [2.05, 4.69) is 10.6 Å². The van der Waals surface area contributed by atoms with Gasteiger partial charge < -0.3 is 10.6 Å². The molecule has 0 aliphatic rings. The molecule has 0 radical (unpaired) electrons. The number of alkyl halides is 3. The lowest BCUT2D eigenvalue weighted by Crippen LogP contribution is -2.23. The lowest BCUT2D eigenvalue weighted by atomic mass is 10.3. The predicted molar refractivity (Wildman–Crippen MR) is 71.3 cm³/mol. The first-order chi connectivity index (χ1) is 9.29. The van der Waals surface area contributed by atoms with Crippen LogP contribution >= 0.6 is 0 Å². The zero-order chi connectivity index (χ0) is 15.2. The molecular formula is C12H17F3N2O2S. The molecule has 0 amide bonds. The van der Waals surface area contributed by atoms with Crippen LogP contribution in [0.2, 0.25) is 0 Å². The van der Waals surface area contributed by atoms with Crippen LogP contribution in [-0.4, -0.2) is 33.6 Å². The molecule has 0 spiro atoms. The van der Waals surface area contributed by atoms with Crippen molar-refractivity contribution < 1.29 is 21.6 Å². The Balaban J connectivity index is 2.61. The molecule has 0 heterocycles. The second kappa shape index (κ2) is 6.94. The van der Waals surface area contributed by atoms with Crippen molar-refractivity contribution >= 4 is 15.5 Å². The Kier molecular flexibility index (Phi) is 5.82. The molecule has 0 atom stereocenters. The van der Waals surface area contributed by atoms with E-state index < -0.39 is 20.2 Å². The van der Waals surface area contributed by atoms with Gasteiger partial charge in [0.15, 0.2) is 0 Å². The maximum atomic E-state index is 12.3. The molecule has 0 aromatic heterocycles. The normalized spacial score (nSPS) is 12.4. The minimum Gasteiger partial charge on any atom is -0.384 e. The number of hydrogen-bond acceptors (Lipinski definition) is 4. The summed E-state index contributed by atoms with van der Waals surface area (Å²) in [4.78, 5) is -0.750. The number of nitrogens with one attached hydrogen (secondary N) is 2. The standard InChI is InChI=1S/C12H17F3N2O2S/c1-2-7-16-8-9-17-10-3-5-11(6-4-10)20(18,19)12(13,14)15/h3-6,16-17H,2,7-9H2,1H3. The summed E-state index contributed by atoms with van der Waals surface area (Å²) in [6.45, 7) is 4.26. The summed E-state index contributed by atoms with van der Waals surface area (Å²) in [5.74, 6) is 0. The Labute approximate surface area is 116 Å². The highest BCUT2D eigenvalue weighted by Gasteiger charge is 2.46. The summed E-state index contributed by atoms with van der Waals surface area (Å²) in [7, 11) is -5.27. The van der Waals surface area contributed by atoms with Gasteiger partial charge >= 0.3 is 5.51 Å².